The summed E-state index contributed by atoms with van der Waals surface area (Å²) in [7, 11) is 0. The Morgan fingerprint density at radius 3 is 2.68 bits per heavy atom. The second-order valence-corrected chi connectivity index (χ2v) is 8.37. The van der Waals surface area contributed by atoms with E-state index in [1.165, 1.54) is 5.69 Å². The highest BCUT2D eigenvalue weighted by Gasteiger charge is 2.40. The van der Waals surface area contributed by atoms with E-state index in [1.54, 1.807) is 19.2 Å². The van der Waals surface area contributed by atoms with E-state index in [-0.39, 0.29) is 23.9 Å². The highest BCUT2D eigenvalue weighted by atomic mass is 16.2. The highest BCUT2D eigenvalue weighted by molar-refractivity contribution is 5.94. The molecular formula is C24H30N6O. The van der Waals surface area contributed by atoms with E-state index in [0.29, 0.717) is 5.56 Å². The summed E-state index contributed by atoms with van der Waals surface area (Å²) in [5, 5.41) is 16.1. The Kier molecular flexibility index (Phi) is 6.10. The van der Waals surface area contributed by atoms with Gasteiger partial charge in [0, 0.05) is 68.2 Å². The van der Waals surface area contributed by atoms with Crippen LogP contribution in [0.15, 0.2) is 36.5 Å². The van der Waals surface area contributed by atoms with Crippen LogP contribution in [0.5, 0.6) is 0 Å². The third kappa shape index (κ3) is 4.08. The number of anilines is 3. The van der Waals surface area contributed by atoms with Gasteiger partial charge in [0.2, 0.25) is 5.91 Å². The third-order valence-electron chi connectivity index (χ3n) is 6.51. The average Bonchev–Trinajstić information content (AvgIpc) is 2.81. The zero-order valence-electron chi connectivity index (χ0n) is 18.4. The van der Waals surface area contributed by atoms with E-state index >= 15 is 0 Å². The number of hydrogen-bond acceptors (Lipinski definition) is 6. The number of hydrogen-bond donors (Lipinski definition) is 2. The molecule has 3 atom stereocenters. The Morgan fingerprint density at radius 1 is 1.29 bits per heavy atom. The molecule has 0 spiro atoms. The zero-order chi connectivity index (χ0) is 22.0. The molecule has 7 nitrogen and oxygen atoms in total. The molecule has 4 rings (SSSR count). The fourth-order valence-electron chi connectivity index (χ4n) is 4.92. The van der Waals surface area contributed by atoms with Crippen molar-refractivity contribution in [1.82, 2.24) is 10.3 Å². The molecule has 31 heavy (non-hydrogen) atoms. The second kappa shape index (κ2) is 8.94. The van der Waals surface area contributed by atoms with Gasteiger partial charge in [-0.1, -0.05) is 13.8 Å². The molecule has 2 aromatic rings. The number of pyridine rings is 1. The van der Waals surface area contributed by atoms with Gasteiger partial charge in [-0.2, -0.15) is 5.26 Å². The summed E-state index contributed by atoms with van der Waals surface area (Å²) in [5.41, 5.74) is 3.82. The standard InChI is InChI=1S/C24H30N6O/c1-4-21-16(2)24(28-23-8-5-18(14-25)15-27-23)20-13-19(29-11-9-26-10-12-29)6-7-22(20)30(21)17(3)31/h5-8,13,15-16,21,24,26H,4,9-12H2,1-3H3,(H,27,28)/t16-,21-,24?/m0/s1. The second-order valence-electron chi connectivity index (χ2n) is 8.37. The van der Waals surface area contributed by atoms with Gasteiger partial charge in [0.15, 0.2) is 0 Å². The van der Waals surface area contributed by atoms with E-state index in [9.17, 15) is 4.79 Å². The minimum absolute atomic E-state index is 0.0128. The molecule has 1 unspecified atom stereocenters. The molecule has 1 fully saturated rings. The fourth-order valence-corrected chi connectivity index (χ4v) is 4.92. The first-order chi connectivity index (χ1) is 15.0. The number of nitriles is 1. The lowest BCUT2D eigenvalue weighted by atomic mass is 9.80. The molecular weight excluding hydrogens is 388 g/mol. The van der Waals surface area contributed by atoms with Gasteiger partial charge in [0.05, 0.1) is 11.6 Å². The normalized spacial score (nSPS) is 23.1. The van der Waals surface area contributed by atoms with E-state index in [4.69, 9.17) is 5.26 Å². The highest BCUT2D eigenvalue weighted by Crippen LogP contribution is 2.44. The smallest absolute Gasteiger partial charge is 0.224 e. The molecule has 1 amide bonds. The van der Waals surface area contributed by atoms with Crippen molar-refractivity contribution in [3.8, 4) is 6.07 Å². The summed E-state index contributed by atoms with van der Waals surface area (Å²) < 4.78 is 0. The van der Waals surface area contributed by atoms with E-state index in [2.05, 4.69) is 58.6 Å². The van der Waals surface area contributed by atoms with Gasteiger partial charge in [0.25, 0.3) is 0 Å². The maximum Gasteiger partial charge on any atom is 0.224 e. The number of carbonyl (C=O) groups excluding carboxylic acids is 1. The lowest BCUT2D eigenvalue weighted by molar-refractivity contribution is -0.117. The van der Waals surface area contributed by atoms with Gasteiger partial charge in [-0.05, 0) is 36.8 Å². The molecule has 0 aliphatic carbocycles. The number of fused-ring (bicyclic) bond motifs is 1. The summed E-state index contributed by atoms with van der Waals surface area (Å²) in [5.74, 6) is 1.00. The van der Waals surface area contributed by atoms with Crippen molar-refractivity contribution in [3.63, 3.8) is 0 Å². The minimum atomic E-state index is 0.0128. The first-order valence-corrected chi connectivity index (χ1v) is 11.1. The van der Waals surface area contributed by atoms with Crippen LogP contribution in [0.4, 0.5) is 17.2 Å². The predicted octanol–water partition coefficient (Wildman–Crippen LogP) is 3.30. The fraction of sp³-hybridized carbons (Fsp3) is 0.458. The first kappa shape index (κ1) is 21.1. The van der Waals surface area contributed by atoms with Crippen LogP contribution in [-0.2, 0) is 4.79 Å². The molecule has 1 saturated heterocycles. The summed E-state index contributed by atoms with van der Waals surface area (Å²) in [6, 6.07) is 12.3. The van der Waals surface area contributed by atoms with Crippen molar-refractivity contribution < 1.29 is 4.79 Å². The van der Waals surface area contributed by atoms with Crippen LogP contribution in [0.25, 0.3) is 0 Å². The molecule has 0 radical (unpaired) electrons. The number of amides is 1. The van der Waals surface area contributed by atoms with Crippen molar-refractivity contribution in [2.45, 2.75) is 39.3 Å². The molecule has 1 aromatic heterocycles. The molecule has 0 bridgehead atoms. The van der Waals surface area contributed by atoms with Crippen LogP contribution in [0.3, 0.4) is 0 Å². The van der Waals surface area contributed by atoms with Gasteiger partial charge in [-0.15, -0.1) is 0 Å². The van der Waals surface area contributed by atoms with E-state index in [1.807, 2.05) is 11.0 Å². The number of piperazine rings is 1. The van der Waals surface area contributed by atoms with Crippen molar-refractivity contribution >= 4 is 23.1 Å². The number of benzene rings is 1. The zero-order valence-corrected chi connectivity index (χ0v) is 18.4. The summed E-state index contributed by atoms with van der Waals surface area (Å²) in [6.45, 7) is 9.87. The van der Waals surface area contributed by atoms with E-state index in [0.717, 1.165) is 49.7 Å². The largest absolute Gasteiger partial charge is 0.369 e. The molecule has 3 heterocycles. The molecule has 2 aliphatic heterocycles. The van der Waals surface area contributed by atoms with Gasteiger partial charge in [-0.25, -0.2) is 4.98 Å². The lowest BCUT2D eigenvalue weighted by Gasteiger charge is -2.45. The maximum atomic E-state index is 12.6. The molecule has 162 valence electrons. The van der Waals surface area contributed by atoms with Crippen LogP contribution in [-0.4, -0.2) is 43.1 Å². The Bertz CT molecular complexity index is 977. The number of nitrogens with zero attached hydrogens (tertiary/aromatic N) is 4. The van der Waals surface area contributed by atoms with Crippen molar-refractivity contribution in [2.24, 2.45) is 5.92 Å². The van der Waals surface area contributed by atoms with Gasteiger partial charge >= 0.3 is 0 Å². The topological polar surface area (TPSA) is 84.3 Å². The van der Waals surface area contributed by atoms with Crippen LogP contribution < -0.4 is 20.4 Å². The number of nitrogens with one attached hydrogen (secondary N) is 2. The van der Waals surface area contributed by atoms with Gasteiger partial charge < -0.3 is 20.4 Å². The monoisotopic (exact) mass is 418 g/mol. The molecule has 2 aliphatic rings. The van der Waals surface area contributed by atoms with Crippen molar-refractivity contribution in [1.29, 1.82) is 5.26 Å². The summed E-state index contributed by atoms with van der Waals surface area (Å²) >= 11 is 0. The van der Waals surface area contributed by atoms with E-state index < -0.39 is 0 Å². The van der Waals surface area contributed by atoms with Crippen molar-refractivity contribution in [3.05, 3.63) is 47.7 Å². The summed E-state index contributed by atoms with van der Waals surface area (Å²) in [4.78, 5) is 21.4. The van der Waals surface area contributed by atoms with Crippen molar-refractivity contribution in [2.75, 3.05) is 41.3 Å². The molecule has 2 N–H and O–H groups in total. The number of carbonyl (C=O) groups is 1. The SMILES string of the molecule is CC[C@H]1[C@H](C)C(Nc2ccc(C#N)cn2)c2cc(N3CCNCC3)ccc2N1C(C)=O. The third-order valence-corrected chi connectivity index (χ3v) is 6.51. The minimum Gasteiger partial charge on any atom is -0.369 e. The van der Waals surface area contributed by atoms with Crippen LogP contribution >= 0.6 is 0 Å². The molecule has 1 aromatic carbocycles. The van der Waals surface area contributed by atoms with Crippen LogP contribution in [0.1, 0.15) is 44.4 Å². The number of rotatable bonds is 4. The molecule has 7 heteroatoms. The lowest BCUT2D eigenvalue weighted by Crippen LogP contribution is -2.50. The first-order valence-electron chi connectivity index (χ1n) is 11.1. The van der Waals surface area contributed by atoms with Crippen LogP contribution in [0, 0.1) is 17.2 Å². The Hall–Kier alpha value is -3.11. The van der Waals surface area contributed by atoms with Crippen LogP contribution in [0.2, 0.25) is 0 Å². The number of aromatic nitrogens is 1. The molecule has 0 saturated carbocycles. The maximum absolute atomic E-state index is 12.6. The Balaban J connectivity index is 1.76. The van der Waals surface area contributed by atoms with Gasteiger partial charge in [0.1, 0.15) is 11.9 Å². The quantitative estimate of drug-likeness (QED) is 0.793. The summed E-state index contributed by atoms with van der Waals surface area (Å²) in [6.07, 6.45) is 2.46. The average molecular weight is 419 g/mol. The van der Waals surface area contributed by atoms with Gasteiger partial charge in [-0.3, -0.25) is 4.79 Å². The Labute approximate surface area is 184 Å². The predicted molar refractivity (Wildman–Crippen MR) is 123 cm³/mol. The Morgan fingerprint density at radius 2 is 2.06 bits per heavy atom.